The fourth-order valence-corrected chi connectivity index (χ4v) is 4.16. The molecule has 1 unspecified atom stereocenters. The Bertz CT molecular complexity index is 1150. The highest BCUT2D eigenvalue weighted by Crippen LogP contribution is 2.17. The first-order valence-electron chi connectivity index (χ1n) is 12.0. The zero-order chi connectivity index (χ0) is 24.7. The first-order valence-corrected chi connectivity index (χ1v) is 12.0. The van der Waals surface area contributed by atoms with E-state index in [0.29, 0.717) is 43.9 Å². The Morgan fingerprint density at radius 3 is 2.41 bits per heavy atom. The van der Waals surface area contributed by atoms with Crippen molar-refractivity contribution in [3.63, 3.8) is 0 Å². The summed E-state index contributed by atoms with van der Waals surface area (Å²) in [7, 11) is 1.77. The van der Waals surface area contributed by atoms with Gasteiger partial charge in [-0.2, -0.15) is 0 Å². The normalized spacial score (nSPS) is 11.9. The van der Waals surface area contributed by atoms with Crippen LogP contribution in [0.1, 0.15) is 51.9 Å². The predicted molar refractivity (Wildman–Crippen MR) is 137 cm³/mol. The van der Waals surface area contributed by atoms with Crippen LogP contribution in [-0.4, -0.2) is 40.0 Å². The van der Waals surface area contributed by atoms with Gasteiger partial charge < -0.3 is 10.6 Å². The van der Waals surface area contributed by atoms with Crippen LogP contribution in [0.25, 0.3) is 0 Å². The lowest BCUT2D eigenvalue weighted by Crippen LogP contribution is -2.37. The number of nitrogens with two attached hydrogens (primary N) is 1. The van der Waals surface area contributed by atoms with Gasteiger partial charge >= 0.3 is 0 Å². The number of hydrogen-bond donors (Lipinski definition) is 1. The van der Waals surface area contributed by atoms with Gasteiger partial charge in [0.15, 0.2) is 0 Å². The number of amides is 1. The Balaban J connectivity index is 1.83. The molecule has 2 aromatic carbocycles. The Morgan fingerprint density at radius 1 is 1.09 bits per heavy atom. The number of benzene rings is 2. The quantitative estimate of drug-likeness (QED) is 0.501. The van der Waals surface area contributed by atoms with Crippen LogP contribution in [0.4, 0.5) is 0 Å². The Morgan fingerprint density at radius 2 is 1.76 bits per heavy atom. The second-order valence-corrected chi connectivity index (χ2v) is 9.18. The molecular formula is C28H36N4O2. The van der Waals surface area contributed by atoms with Crippen LogP contribution in [0, 0.1) is 19.8 Å². The van der Waals surface area contributed by atoms with Crippen LogP contribution in [-0.2, 0) is 19.9 Å². The van der Waals surface area contributed by atoms with Crippen LogP contribution < -0.4 is 11.3 Å². The molecule has 34 heavy (non-hydrogen) atoms. The van der Waals surface area contributed by atoms with Gasteiger partial charge in [0.25, 0.3) is 11.5 Å². The van der Waals surface area contributed by atoms with E-state index < -0.39 is 0 Å². The SMILES string of the molecule is Cc1ccc(C(=O)N(CCCN)CC(C)Cc2nc(C)n(C)c(=O)c2Cc2ccccc2)cc1. The Kier molecular flexibility index (Phi) is 8.77. The monoisotopic (exact) mass is 460 g/mol. The van der Waals surface area contributed by atoms with Crippen molar-refractivity contribution in [1.29, 1.82) is 0 Å². The van der Waals surface area contributed by atoms with Gasteiger partial charge in [-0.05, 0) is 56.8 Å². The summed E-state index contributed by atoms with van der Waals surface area (Å²) in [4.78, 5) is 33.0. The Hall–Kier alpha value is -3.25. The average molecular weight is 461 g/mol. The molecule has 6 nitrogen and oxygen atoms in total. The van der Waals surface area contributed by atoms with E-state index >= 15 is 0 Å². The van der Waals surface area contributed by atoms with E-state index in [0.717, 1.165) is 28.8 Å². The molecular weight excluding hydrogens is 424 g/mol. The molecule has 0 aliphatic rings. The highest BCUT2D eigenvalue weighted by molar-refractivity contribution is 5.94. The van der Waals surface area contributed by atoms with Crippen molar-refractivity contribution < 1.29 is 4.79 Å². The van der Waals surface area contributed by atoms with Gasteiger partial charge in [0.05, 0.1) is 5.69 Å². The summed E-state index contributed by atoms with van der Waals surface area (Å²) < 4.78 is 1.61. The predicted octanol–water partition coefficient (Wildman–Crippen LogP) is 3.66. The summed E-state index contributed by atoms with van der Waals surface area (Å²) >= 11 is 0. The van der Waals surface area contributed by atoms with Crippen LogP contribution >= 0.6 is 0 Å². The largest absolute Gasteiger partial charge is 0.338 e. The summed E-state index contributed by atoms with van der Waals surface area (Å²) in [6.07, 6.45) is 1.91. The minimum absolute atomic E-state index is 0.00530. The number of nitrogens with zero attached hydrogens (tertiary/aromatic N) is 3. The van der Waals surface area contributed by atoms with E-state index in [-0.39, 0.29) is 17.4 Å². The molecule has 0 aliphatic heterocycles. The lowest BCUT2D eigenvalue weighted by molar-refractivity contribution is 0.0730. The molecule has 0 radical (unpaired) electrons. The van der Waals surface area contributed by atoms with Gasteiger partial charge in [-0.25, -0.2) is 4.98 Å². The van der Waals surface area contributed by atoms with E-state index in [1.54, 1.807) is 11.6 Å². The van der Waals surface area contributed by atoms with Crippen molar-refractivity contribution in [2.24, 2.45) is 18.7 Å². The molecule has 180 valence electrons. The van der Waals surface area contributed by atoms with Gasteiger partial charge in [-0.1, -0.05) is 55.0 Å². The van der Waals surface area contributed by atoms with Crippen LogP contribution in [0.5, 0.6) is 0 Å². The fraction of sp³-hybridized carbons (Fsp3) is 0.393. The van der Waals surface area contributed by atoms with Gasteiger partial charge in [-0.15, -0.1) is 0 Å². The minimum Gasteiger partial charge on any atom is -0.338 e. The fourth-order valence-electron chi connectivity index (χ4n) is 4.16. The lowest BCUT2D eigenvalue weighted by Gasteiger charge is -2.26. The molecule has 0 saturated heterocycles. The number of rotatable bonds is 10. The molecule has 0 fully saturated rings. The number of carbonyl (C=O) groups excluding carboxylic acids is 1. The highest BCUT2D eigenvalue weighted by Gasteiger charge is 2.21. The van der Waals surface area contributed by atoms with Gasteiger partial charge in [0.2, 0.25) is 0 Å². The summed E-state index contributed by atoms with van der Waals surface area (Å²) in [6.45, 7) is 7.69. The smallest absolute Gasteiger partial charge is 0.257 e. The van der Waals surface area contributed by atoms with Crippen molar-refractivity contribution in [2.75, 3.05) is 19.6 Å². The van der Waals surface area contributed by atoms with Crippen molar-refractivity contribution in [3.8, 4) is 0 Å². The molecule has 0 spiro atoms. The molecule has 0 aliphatic carbocycles. The third kappa shape index (κ3) is 6.41. The van der Waals surface area contributed by atoms with E-state index in [1.165, 1.54) is 0 Å². The lowest BCUT2D eigenvalue weighted by atomic mass is 9.97. The van der Waals surface area contributed by atoms with Crippen LogP contribution in [0.2, 0.25) is 0 Å². The highest BCUT2D eigenvalue weighted by atomic mass is 16.2. The maximum atomic E-state index is 13.2. The summed E-state index contributed by atoms with van der Waals surface area (Å²) in [5.41, 5.74) is 10.2. The summed E-state index contributed by atoms with van der Waals surface area (Å²) in [5.74, 6) is 0.832. The molecule has 3 aromatic rings. The molecule has 2 N–H and O–H groups in total. The molecule has 0 saturated carbocycles. The van der Waals surface area contributed by atoms with Crippen molar-refractivity contribution in [2.45, 2.75) is 40.0 Å². The summed E-state index contributed by atoms with van der Waals surface area (Å²) in [5, 5.41) is 0. The minimum atomic E-state index is -0.00530. The second-order valence-electron chi connectivity index (χ2n) is 9.18. The van der Waals surface area contributed by atoms with Gasteiger partial charge in [0.1, 0.15) is 5.82 Å². The maximum Gasteiger partial charge on any atom is 0.257 e. The first-order chi connectivity index (χ1) is 16.3. The Labute approximate surface area is 202 Å². The van der Waals surface area contributed by atoms with Crippen LogP contribution in [0.15, 0.2) is 59.4 Å². The maximum absolute atomic E-state index is 13.2. The molecule has 6 heteroatoms. The molecule has 1 amide bonds. The summed E-state index contributed by atoms with van der Waals surface area (Å²) in [6, 6.07) is 17.7. The van der Waals surface area contributed by atoms with E-state index in [4.69, 9.17) is 10.7 Å². The van der Waals surface area contributed by atoms with Gasteiger partial charge in [0, 0.05) is 37.7 Å². The van der Waals surface area contributed by atoms with E-state index in [1.807, 2.05) is 73.3 Å². The number of aromatic nitrogens is 2. The average Bonchev–Trinajstić information content (AvgIpc) is 2.83. The van der Waals surface area contributed by atoms with E-state index in [9.17, 15) is 9.59 Å². The molecule has 1 aromatic heterocycles. The second kappa shape index (κ2) is 11.7. The van der Waals surface area contributed by atoms with Crippen molar-refractivity contribution >= 4 is 5.91 Å². The third-order valence-corrected chi connectivity index (χ3v) is 6.21. The third-order valence-electron chi connectivity index (χ3n) is 6.21. The topological polar surface area (TPSA) is 81.2 Å². The number of aryl methyl sites for hydroxylation is 2. The van der Waals surface area contributed by atoms with E-state index in [2.05, 4.69) is 6.92 Å². The molecule has 0 bridgehead atoms. The molecule has 1 heterocycles. The molecule has 1 atom stereocenters. The van der Waals surface area contributed by atoms with Crippen LogP contribution in [0.3, 0.4) is 0 Å². The first kappa shape index (κ1) is 25.4. The molecule has 3 rings (SSSR count). The van der Waals surface area contributed by atoms with Crippen molar-refractivity contribution in [1.82, 2.24) is 14.5 Å². The van der Waals surface area contributed by atoms with Gasteiger partial charge in [-0.3, -0.25) is 14.2 Å². The number of hydrogen-bond acceptors (Lipinski definition) is 4. The standard InChI is InChI=1S/C28H36N4O2/c1-20-11-13-24(14-12-20)27(33)32(16-8-15-29)19-21(2)17-26-25(18-23-9-6-5-7-10-23)28(34)31(4)22(3)30-26/h5-7,9-14,21H,8,15-19,29H2,1-4H3. The number of carbonyl (C=O) groups is 1. The zero-order valence-corrected chi connectivity index (χ0v) is 20.8. The van der Waals surface area contributed by atoms with Crippen molar-refractivity contribution in [3.05, 3.63) is 98.7 Å². The zero-order valence-electron chi connectivity index (χ0n) is 20.8.